The van der Waals surface area contributed by atoms with Gasteiger partial charge in [-0.3, -0.25) is 4.79 Å². The summed E-state index contributed by atoms with van der Waals surface area (Å²) in [4.78, 5) is 14.6. The summed E-state index contributed by atoms with van der Waals surface area (Å²) in [6.07, 6.45) is -0.0288. The highest BCUT2D eigenvalue weighted by atomic mass is 79.9. The van der Waals surface area contributed by atoms with E-state index in [1.165, 1.54) is 0 Å². The highest BCUT2D eigenvalue weighted by Gasteiger charge is 2.16. The summed E-state index contributed by atoms with van der Waals surface area (Å²) in [6, 6.07) is 13.5. The van der Waals surface area contributed by atoms with Crippen LogP contribution >= 0.6 is 15.9 Å². The number of aromatic nitrogens is 1. The third kappa shape index (κ3) is 3.24. The second-order valence-electron chi connectivity index (χ2n) is 5.20. The molecule has 0 amide bonds. The first-order valence-corrected chi connectivity index (χ1v) is 8.13. The van der Waals surface area contributed by atoms with Crippen LogP contribution in [0.4, 0.5) is 0 Å². The minimum atomic E-state index is -0.849. The van der Waals surface area contributed by atoms with Gasteiger partial charge in [-0.2, -0.15) is 0 Å². The summed E-state index contributed by atoms with van der Waals surface area (Å²) < 4.78 is 6.38. The van der Waals surface area contributed by atoms with Gasteiger partial charge in [0.25, 0.3) is 0 Å². The summed E-state index contributed by atoms with van der Waals surface area (Å²) in [5.74, 6) is -0.0482. The van der Waals surface area contributed by atoms with Crippen molar-refractivity contribution < 1.29 is 14.6 Å². The van der Waals surface area contributed by atoms with E-state index in [4.69, 9.17) is 4.74 Å². The zero-order valence-corrected chi connectivity index (χ0v) is 14.2. The zero-order chi connectivity index (χ0) is 16.4. The van der Waals surface area contributed by atoms with Gasteiger partial charge in [0.15, 0.2) is 0 Å². The molecule has 0 aliphatic rings. The van der Waals surface area contributed by atoms with Gasteiger partial charge in [0.05, 0.1) is 18.7 Å². The van der Waals surface area contributed by atoms with E-state index in [-0.39, 0.29) is 6.42 Å². The number of rotatable bonds is 5. The topological polar surface area (TPSA) is 62.3 Å². The van der Waals surface area contributed by atoms with Crippen LogP contribution in [0, 0.1) is 0 Å². The molecule has 0 unspecified atom stereocenters. The van der Waals surface area contributed by atoms with E-state index in [9.17, 15) is 9.90 Å². The van der Waals surface area contributed by atoms with E-state index >= 15 is 0 Å². The maximum atomic E-state index is 11.3. The van der Waals surface area contributed by atoms with Crippen LogP contribution in [0.2, 0.25) is 0 Å². The third-order valence-corrected chi connectivity index (χ3v) is 4.14. The molecule has 0 aliphatic heterocycles. The lowest BCUT2D eigenvalue weighted by Gasteiger charge is -2.06. The molecule has 2 aromatic carbocycles. The summed E-state index contributed by atoms with van der Waals surface area (Å²) in [6.45, 7) is 2.55. The number of carboxylic acid groups (broad SMARTS) is 1. The monoisotopic (exact) mass is 373 g/mol. The second-order valence-corrected chi connectivity index (χ2v) is 6.11. The Morgan fingerprint density at radius 3 is 2.61 bits per heavy atom. The van der Waals surface area contributed by atoms with Gasteiger partial charge in [-0.15, -0.1) is 0 Å². The molecule has 0 spiro atoms. The third-order valence-electron chi connectivity index (χ3n) is 3.65. The predicted octanol–water partition coefficient (Wildman–Crippen LogP) is 4.62. The number of carbonyl (C=O) groups is 1. The van der Waals surface area contributed by atoms with Gasteiger partial charge in [0, 0.05) is 15.4 Å². The molecule has 0 atom stereocenters. The van der Waals surface area contributed by atoms with E-state index in [0.29, 0.717) is 6.61 Å². The molecule has 5 heteroatoms. The SMILES string of the molecule is CCOc1ccc(-c2[nH]c3ccc(Br)cc3c2CC(=O)O)cc1. The van der Waals surface area contributed by atoms with Crippen LogP contribution in [0.1, 0.15) is 12.5 Å². The fourth-order valence-electron chi connectivity index (χ4n) is 2.69. The van der Waals surface area contributed by atoms with Crippen LogP contribution in [0.25, 0.3) is 22.2 Å². The van der Waals surface area contributed by atoms with Crippen molar-refractivity contribution in [2.24, 2.45) is 0 Å². The van der Waals surface area contributed by atoms with Crippen molar-refractivity contribution in [2.75, 3.05) is 6.61 Å². The van der Waals surface area contributed by atoms with Crippen LogP contribution in [0.3, 0.4) is 0 Å². The van der Waals surface area contributed by atoms with Crippen LogP contribution < -0.4 is 4.74 Å². The molecule has 0 saturated heterocycles. The van der Waals surface area contributed by atoms with Crippen LogP contribution in [-0.2, 0) is 11.2 Å². The highest BCUT2D eigenvalue weighted by Crippen LogP contribution is 2.33. The van der Waals surface area contributed by atoms with E-state index < -0.39 is 5.97 Å². The molecule has 0 bridgehead atoms. The summed E-state index contributed by atoms with van der Waals surface area (Å²) in [7, 11) is 0. The number of hydrogen-bond acceptors (Lipinski definition) is 2. The van der Waals surface area contributed by atoms with Crippen LogP contribution in [0.15, 0.2) is 46.9 Å². The molecule has 1 heterocycles. The fourth-order valence-corrected chi connectivity index (χ4v) is 3.05. The number of hydrogen-bond donors (Lipinski definition) is 2. The molecule has 0 aliphatic carbocycles. The number of ether oxygens (including phenoxy) is 1. The number of H-pyrrole nitrogens is 1. The molecular formula is C18H16BrNO3. The molecule has 118 valence electrons. The van der Waals surface area contributed by atoms with Crippen molar-refractivity contribution in [3.63, 3.8) is 0 Å². The lowest BCUT2D eigenvalue weighted by atomic mass is 10.0. The van der Waals surface area contributed by atoms with Gasteiger partial charge < -0.3 is 14.8 Å². The van der Waals surface area contributed by atoms with E-state index in [1.807, 2.05) is 49.4 Å². The molecule has 0 radical (unpaired) electrons. The van der Waals surface area contributed by atoms with Crippen LogP contribution in [0.5, 0.6) is 5.75 Å². The van der Waals surface area contributed by atoms with Crippen molar-refractivity contribution in [2.45, 2.75) is 13.3 Å². The maximum absolute atomic E-state index is 11.3. The highest BCUT2D eigenvalue weighted by molar-refractivity contribution is 9.10. The predicted molar refractivity (Wildman–Crippen MR) is 93.9 cm³/mol. The molecule has 0 saturated carbocycles. The van der Waals surface area contributed by atoms with E-state index in [1.54, 1.807) is 0 Å². The maximum Gasteiger partial charge on any atom is 0.307 e. The number of benzene rings is 2. The number of carboxylic acids is 1. The molecule has 0 fully saturated rings. The molecule has 4 nitrogen and oxygen atoms in total. The Labute approximate surface area is 142 Å². The average molecular weight is 374 g/mol. The second kappa shape index (κ2) is 6.46. The number of fused-ring (bicyclic) bond motifs is 1. The van der Waals surface area contributed by atoms with E-state index in [2.05, 4.69) is 20.9 Å². The molecule has 2 N–H and O–H groups in total. The zero-order valence-electron chi connectivity index (χ0n) is 12.6. The first kappa shape index (κ1) is 15.6. The van der Waals surface area contributed by atoms with Gasteiger partial charge in [-0.05, 0) is 60.5 Å². The Bertz CT molecular complexity index is 853. The minimum absolute atomic E-state index is 0.0288. The Balaban J connectivity index is 2.13. The molecule has 23 heavy (non-hydrogen) atoms. The van der Waals surface area contributed by atoms with Crippen molar-refractivity contribution in [1.29, 1.82) is 0 Å². The standard InChI is InChI=1S/C18H16BrNO3/c1-2-23-13-6-3-11(4-7-13)18-15(10-17(21)22)14-9-12(19)5-8-16(14)20-18/h3-9,20H,2,10H2,1H3,(H,21,22). The number of aromatic amines is 1. The van der Waals surface area contributed by atoms with Gasteiger partial charge in [0.2, 0.25) is 0 Å². The normalized spacial score (nSPS) is 10.9. The Kier molecular flexibility index (Phi) is 4.39. The lowest BCUT2D eigenvalue weighted by Crippen LogP contribution is -2.01. The van der Waals surface area contributed by atoms with Gasteiger partial charge >= 0.3 is 5.97 Å². The molecule has 3 aromatic rings. The number of halogens is 1. The molecule has 3 rings (SSSR count). The lowest BCUT2D eigenvalue weighted by molar-refractivity contribution is -0.136. The molecule has 1 aromatic heterocycles. The number of nitrogens with one attached hydrogen (secondary N) is 1. The first-order valence-electron chi connectivity index (χ1n) is 7.33. The Morgan fingerprint density at radius 2 is 1.96 bits per heavy atom. The summed E-state index contributed by atoms with van der Waals surface area (Å²) in [5.41, 5.74) is 3.49. The Morgan fingerprint density at radius 1 is 1.22 bits per heavy atom. The molecular weight excluding hydrogens is 358 g/mol. The fraction of sp³-hybridized carbons (Fsp3) is 0.167. The van der Waals surface area contributed by atoms with Gasteiger partial charge in [-0.1, -0.05) is 15.9 Å². The van der Waals surface area contributed by atoms with E-state index in [0.717, 1.165) is 37.9 Å². The number of aliphatic carboxylic acids is 1. The largest absolute Gasteiger partial charge is 0.494 e. The van der Waals surface area contributed by atoms with Gasteiger partial charge in [-0.25, -0.2) is 0 Å². The minimum Gasteiger partial charge on any atom is -0.494 e. The van der Waals surface area contributed by atoms with Crippen molar-refractivity contribution in [3.8, 4) is 17.0 Å². The van der Waals surface area contributed by atoms with Crippen molar-refractivity contribution >= 4 is 32.8 Å². The average Bonchev–Trinajstić information content (AvgIpc) is 2.86. The first-order chi connectivity index (χ1) is 11.1. The van der Waals surface area contributed by atoms with Gasteiger partial charge in [0.1, 0.15) is 5.75 Å². The van der Waals surface area contributed by atoms with Crippen LogP contribution in [-0.4, -0.2) is 22.7 Å². The van der Waals surface area contributed by atoms with Crippen molar-refractivity contribution in [3.05, 3.63) is 52.5 Å². The smallest absolute Gasteiger partial charge is 0.307 e. The van der Waals surface area contributed by atoms with Crippen molar-refractivity contribution in [1.82, 2.24) is 4.98 Å². The quantitative estimate of drug-likeness (QED) is 0.685. The Hall–Kier alpha value is -2.27. The summed E-state index contributed by atoms with van der Waals surface area (Å²) in [5, 5.41) is 10.2. The summed E-state index contributed by atoms with van der Waals surface area (Å²) >= 11 is 3.45.